The maximum absolute atomic E-state index is 5.33. The molecule has 1 N–H and O–H groups in total. The average molecular weight is 594 g/mol. The summed E-state index contributed by atoms with van der Waals surface area (Å²) in [6.07, 6.45) is 0. The second-order valence-electron chi connectivity index (χ2n) is 9.69. The zero-order valence-corrected chi connectivity index (χ0v) is 23.7. The Morgan fingerprint density at radius 2 is 0.976 bits per heavy atom. The van der Waals surface area contributed by atoms with Crippen molar-refractivity contribution in [3.8, 4) is 62.4 Å². The summed E-state index contributed by atoms with van der Waals surface area (Å²) in [6, 6.07) is 49.7. The van der Waals surface area contributed by atoms with E-state index in [9.17, 15) is 0 Å². The quantitative estimate of drug-likeness (QED) is 0.209. The van der Waals surface area contributed by atoms with Crippen molar-refractivity contribution in [3.05, 3.63) is 150 Å². The molecular formula is C36H25BrN4. The van der Waals surface area contributed by atoms with Gasteiger partial charge in [0.05, 0.1) is 28.5 Å². The lowest BCUT2D eigenvalue weighted by molar-refractivity contribution is 1.04. The van der Waals surface area contributed by atoms with Crippen molar-refractivity contribution in [2.75, 3.05) is 0 Å². The number of para-hydroxylation sites is 1. The average Bonchev–Trinajstić information content (AvgIpc) is 3.66. The van der Waals surface area contributed by atoms with Gasteiger partial charge in [0, 0.05) is 26.7 Å². The maximum Gasteiger partial charge on any atom is 0.182 e. The number of H-pyrrole nitrogens is 1. The lowest BCUT2D eigenvalue weighted by atomic mass is 10.0. The van der Waals surface area contributed by atoms with Crippen LogP contribution in [0, 0.1) is 0 Å². The molecule has 2 aromatic heterocycles. The molecule has 0 unspecified atom stereocenters. The van der Waals surface area contributed by atoms with Crippen molar-refractivity contribution in [3.63, 3.8) is 0 Å². The van der Waals surface area contributed by atoms with E-state index in [4.69, 9.17) is 9.97 Å². The monoisotopic (exact) mass is 592 g/mol. The highest BCUT2D eigenvalue weighted by Gasteiger charge is 2.26. The zero-order chi connectivity index (χ0) is 27.6. The van der Waals surface area contributed by atoms with Crippen LogP contribution in [0.5, 0.6) is 0 Å². The van der Waals surface area contributed by atoms with Gasteiger partial charge in [0.2, 0.25) is 0 Å². The SMILES string of the molecule is Brc1ccccc1-n1c(-c2nc(-c3ccccc3)c(-c3ccccc3)[nH]2)nc(-c2ccccc2)c1-c1ccccc1. The zero-order valence-electron chi connectivity index (χ0n) is 22.1. The summed E-state index contributed by atoms with van der Waals surface area (Å²) in [6.45, 7) is 0. The Morgan fingerprint density at radius 1 is 0.488 bits per heavy atom. The van der Waals surface area contributed by atoms with E-state index in [1.807, 2.05) is 60.7 Å². The van der Waals surface area contributed by atoms with Gasteiger partial charge in [0.15, 0.2) is 11.6 Å². The third-order valence-electron chi connectivity index (χ3n) is 7.09. The molecule has 7 rings (SSSR count). The fourth-order valence-corrected chi connectivity index (χ4v) is 5.67. The fraction of sp³-hybridized carbons (Fsp3) is 0. The van der Waals surface area contributed by atoms with Crippen molar-refractivity contribution >= 4 is 15.9 Å². The second kappa shape index (κ2) is 10.9. The smallest absolute Gasteiger partial charge is 0.182 e. The number of halogens is 1. The Morgan fingerprint density at radius 3 is 1.56 bits per heavy atom. The molecule has 0 amide bonds. The van der Waals surface area contributed by atoms with Gasteiger partial charge in [0.25, 0.3) is 0 Å². The molecule has 4 nitrogen and oxygen atoms in total. The summed E-state index contributed by atoms with van der Waals surface area (Å²) in [5, 5.41) is 0. The van der Waals surface area contributed by atoms with Crippen LogP contribution in [-0.2, 0) is 0 Å². The van der Waals surface area contributed by atoms with Crippen LogP contribution in [0.25, 0.3) is 62.4 Å². The van der Waals surface area contributed by atoms with Crippen molar-refractivity contribution in [2.45, 2.75) is 0 Å². The topological polar surface area (TPSA) is 46.5 Å². The van der Waals surface area contributed by atoms with Gasteiger partial charge >= 0.3 is 0 Å². The number of aromatic nitrogens is 4. The summed E-state index contributed by atoms with van der Waals surface area (Å²) in [5.41, 5.74) is 8.92. The van der Waals surface area contributed by atoms with Crippen molar-refractivity contribution in [2.24, 2.45) is 0 Å². The number of hydrogen-bond acceptors (Lipinski definition) is 2. The van der Waals surface area contributed by atoms with Crippen LogP contribution in [-0.4, -0.2) is 19.5 Å². The molecule has 0 radical (unpaired) electrons. The molecule has 0 fully saturated rings. The molecule has 0 saturated heterocycles. The normalized spacial score (nSPS) is 11.0. The van der Waals surface area contributed by atoms with Gasteiger partial charge in [-0.2, -0.15) is 0 Å². The van der Waals surface area contributed by atoms with E-state index in [0.29, 0.717) is 5.82 Å². The van der Waals surface area contributed by atoms with Crippen LogP contribution in [0.1, 0.15) is 0 Å². The number of nitrogens with one attached hydrogen (secondary N) is 1. The first-order valence-electron chi connectivity index (χ1n) is 13.5. The van der Waals surface area contributed by atoms with Crippen LogP contribution in [0.3, 0.4) is 0 Å². The molecule has 0 saturated carbocycles. The van der Waals surface area contributed by atoms with E-state index in [2.05, 4.69) is 110 Å². The molecule has 5 heteroatoms. The van der Waals surface area contributed by atoms with Gasteiger partial charge in [0.1, 0.15) is 0 Å². The molecule has 0 aliphatic rings. The van der Waals surface area contributed by atoms with Crippen LogP contribution >= 0.6 is 15.9 Å². The van der Waals surface area contributed by atoms with Crippen molar-refractivity contribution in [1.82, 2.24) is 19.5 Å². The first-order valence-corrected chi connectivity index (χ1v) is 14.3. The highest BCUT2D eigenvalue weighted by atomic mass is 79.9. The Kier molecular flexibility index (Phi) is 6.63. The summed E-state index contributed by atoms with van der Waals surface area (Å²) >= 11 is 3.83. The van der Waals surface area contributed by atoms with E-state index in [-0.39, 0.29) is 0 Å². The number of benzene rings is 5. The summed E-state index contributed by atoms with van der Waals surface area (Å²) in [5.74, 6) is 1.42. The molecule has 7 aromatic rings. The van der Waals surface area contributed by atoms with Crippen LogP contribution in [0.4, 0.5) is 0 Å². The Bertz CT molecular complexity index is 1870. The number of rotatable bonds is 6. The number of imidazole rings is 2. The molecule has 0 aliphatic carbocycles. The maximum atomic E-state index is 5.33. The Balaban J connectivity index is 1.57. The summed E-state index contributed by atoms with van der Waals surface area (Å²) < 4.78 is 3.18. The van der Waals surface area contributed by atoms with Crippen LogP contribution in [0.2, 0.25) is 0 Å². The third-order valence-corrected chi connectivity index (χ3v) is 7.76. The van der Waals surface area contributed by atoms with Gasteiger partial charge in [-0.3, -0.25) is 4.57 Å². The molecule has 0 aliphatic heterocycles. The van der Waals surface area contributed by atoms with E-state index in [0.717, 1.165) is 61.0 Å². The van der Waals surface area contributed by atoms with Gasteiger partial charge in [-0.1, -0.05) is 133 Å². The Labute approximate surface area is 247 Å². The minimum absolute atomic E-state index is 0.692. The fourth-order valence-electron chi connectivity index (χ4n) is 5.20. The van der Waals surface area contributed by atoms with Crippen molar-refractivity contribution in [1.29, 1.82) is 0 Å². The molecule has 5 aromatic carbocycles. The van der Waals surface area contributed by atoms with Crippen molar-refractivity contribution < 1.29 is 0 Å². The third kappa shape index (κ3) is 4.71. The lowest BCUT2D eigenvalue weighted by Gasteiger charge is -2.14. The van der Waals surface area contributed by atoms with E-state index < -0.39 is 0 Å². The molecule has 196 valence electrons. The predicted octanol–water partition coefficient (Wildman–Crippen LogP) is 9.69. The lowest BCUT2D eigenvalue weighted by Crippen LogP contribution is -2.02. The first-order chi connectivity index (χ1) is 20.3. The van der Waals surface area contributed by atoms with E-state index >= 15 is 0 Å². The highest BCUT2D eigenvalue weighted by molar-refractivity contribution is 9.10. The first kappa shape index (κ1) is 25.0. The highest BCUT2D eigenvalue weighted by Crippen LogP contribution is 2.41. The van der Waals surface area contributed by atoms with Crippen LogP contribution in [0.15, 0.2) is 150 Å². The predicted molar refractivity (Wildman–Crippen MR) is 171 cm³/mol. The molecule has 41 heavy (non-hydrogen) atoms. The number of hydrogen-bond donors (Lipinski definition) is 1. The Hall–Kier alpha value is -5.00. The number of nitrogens with zero attached hydrogens (tertiary/aromatic N) is 3. The standard InChI is InChI=1S/C36H25BrN4/c37-29-23-13-14-24-30(29)41-34(28-21-11-4-12-22-28)33(27-19-9-3-10-20-27)40-36(41)35-38-31(25-15-5-1-6-16-25)32(39-35)26-17-7-2-8-18-26/h1-24H,(H,38,39). The minimum atomic E-state index is 0.692. The molecule has 2 heterocycles. The molecule has 0 atom stereocenters. The molecule has 0 bridgehead atoms. The van der Waals surface area contributed by atoms with E-state index in [1.165, 1.54) is 0 Å². The van der Waals surface area contributed by atoms with E-state index in [1.54, 1.807) is 0 Å². The minimum Gasteiger partial charge on any atom is -0.335 e. The van der Waals surface area contributed by atoms with Gasteiger partial charge < -0.3 is 4.98 Å². The van der Waals surface area contributed by atoms with Gasteiger partial charge in [-0.25, -0.2) is 9.97 Å². The van der Waals surface area contributed by atoms with Gasteiger partial charge in [-0.05, 0) is 28.1 Å². The van der Waals surface area contributed by atoms with Gasteiger partial charge in [-0.15, -0.1) is 0 Å². The molecule has 0 spiro atoms. The summed E-state index contributed by atoms with van der Waals surface area (Å²) in [4.78, 5) is 14.2. The van der Waals surface area contributed by atoms with Crippen LogP contribution < -0.4 is 0 Å². The largest absolute Gasteiger partial charge is 0.335 e. The second-order valence-corrected chi connectivity index (χ2v) is 10.5. The summed E-state index contributed by atoms with van der Waals surface area (Å²) in [7, 11) is 0. The number of aromatic amines is 1. The molecular weight excluding hydrogens is 568 g/mol.